The molecule has 8 nitrogen and oxygen atoms in total. The first-order valence-corrected chi connectivity index (χ1v) is 13.9. The Labute approximate surface area is 216 Å². The fourth-order valence-electron chi connectivity index (χ4n) is 5.66. The van der Waals surface area contributed by atoms with Crippen LogP contribution in [0.4, 0.5) is 11.5 Å². The van der Waals surface area contributed by atoms with Crippen LogP contribution >= 0.6 is 0 Å². The van der Waals surface area contributed by atoms with Crippen molar-refractivity contribution in [1.82, 2.24) is 19.7 Å². The number of nitrogens with one attached hydrogen (secondary N) is 1. The van der Waals surface area contributed by atoms with Gasteiger partial charge in [-0.05, 0) is 78.4 Å². The van der Waals surface area contributed by atoms with Gasteiger partial charge in [0.05, 0.1) is 19.2 Å². The minimum atomic E-state index is 0.472. The van der Waals surface area contributed by atoms with E-state index in [-0.39, 0.29) is 0 Å². The summed E-state index contributed by atoms with van der Waals surface area (Å²) in [6.45, 7) is 10.6. The molecule has 3 fully saturated rings. The molecule has 1 aromatic carbocycles. The number of likely N-dealkylation sites (N-methyl/N-ethyl adjacent to an activating group) is 1. The van der Waals surface area contributed by atoms with Crippen molar-refractivity contribution in [3.8, 4) is 11.5 Å². The van der Waals surface area contributed by atoms with Crippen LogP contribution in [0.25, 0.3) is 10.9 Å². The van der Waals surface area contributed by atoms with Crippen molar-refractivity contribution in [2.45, 2.75) is 38.1 Å². The van der Waals surface area contributed by atoms with Gasteiger partial charge >= 0.3 is 0 Å². The van der Waals surface area contributed by atoms with Crippen molar-refractivity contribution in [3.05, 3.63) is 18.2 Å². The summed E-state index contributed by atoms with van der Waals surface area (Å²) < 4.78 is 12.0. The summed E-state index contributed by atoms with van der Waals surface area (Å²) in [7, 11) is 6.13. The van der Waals surface area contributed by atoms with Crippen LogP contribution in [0.1, 0.15) is 32.1 Å². The van der Waals surface area contributed by atoms with Crippen molar-refractivity contribution in [3.63, 3.8) is 0 Å². The number of fused-ring (bicyclic) bond motifs is 1. The van der Waals surface area contributed by atoms with Gasteiger partial charge in [0.15, 0.2) is 11.5 Å². The van der Waals surface area contributed by atoms with Gasteiger partial charge in [-0.2, -0.15) is 0 Å². The first kappa shape index (κ1) is 25.4. The molecular formula is C28H44N6O2. The molecule has 0 atom stereocenters. The molecule has 0 spiro atoms. The average Bonchev–Trinajstić information content (AvgIpc) is 3.41. The van der Waals surface area contributed by atoms with Crippen molar-refractivity contribution < 1.29 is 9.47 Å². The predicted octanol–water partition coefficient (Wildman–Crippen LogP) is 3.37. The van der Waals surface area contributed by atoms with E-state index in [2.05, 4.69) is 57.2 Å². The summed E-state index contributed by atoms with van der Waals surface area (Å²) in [5.74, 6) is 2.63. The van der Waals surface area contributed by atoms with Crippen molar-refractivity contribution in [2.75, 3.05) is 96.9 Å². The highest BCUT2D eigenvalue weighted by molar-refractivity contribution is 5.95. The Morgan fingerprint density at radius 3 is 2.33 bits per heavy atom. The molecule has 8 heteroatoms. The lowest BCUT2D eigenvalue weighted by Gasteiger charge is -2.34. The van der Waals surface area contributed by atoms with Gasteiger partial charge in [0.1, 0.15) is 5.82 Å². The maximum Gasteiger partial charge on any atom is 0.163 e. The van der Waals surface area contributed by atoms with E-state index in [1.807, 2.05) is 0 Å². The van der Waals surface area contributed by atoms with E-state index in [0.717, 1.165) is 99.0 Å². The molecule has 0 amide bonds. The molecular weight excluding hydrogens is 452 g/mol. The summed E-state index contributed by atoms with van der Waals surface area (Å²) in [6.07, 6.45) is 5.99. The summed E-state index contributed by atoms with van der Waals surface area (Å²) in [5.41, 5.74) is 2.12. The molecule has 3 saturated heterocycles. The number of hydrogen-bond acceptors (Lipinski definition) is 8. The number of rotatable bonds is 9. The fourth-order valence-corrected chi connectivity index (χ4v) is 5.66. The Hall–Kier alpha value is -2.29. The molecule has 0 radical (unpaired) electrons. The third-order valence-electron chi connectivity index (χ3n) is 8.06. The van der Waals surface area contributed by atoms with Gasteiger partial charge in [0.2, 0.25) is 0 Å². The van der Waals surface area contributed by atoms with Crippen LogP contribution in [0.3, 0.4) is 0 Å². The van der Waals surface area contributed by atoms with Crippen molar-refractivity contribution in [1.29, 1.82) is 0 Å². The number of nitrogens with zero attached hydrogens (tertiary/aromatic N) is 5. The highest BCUT2D eigenvalue weighted by atomic mass is 16.5. The third kappa shape index (κ3) is 6.15. The molecule has 2 aromatic rings. The van der Waals surface area contributed by atoms with Crippen LogP contribution in [0, 0.1) is 0 Å². The largest absolute Gasteiger partial charge is 0.493 e. The standard InChI is InChI=1S/C28H44N6O2/c1-31-12-7-22(8-13-31)29-25-21-28(34-16-14-32(2)15-17-34)30-24-20-27(26(35-3)19-23(24)25)36-18-6-11-33-9-4-5-10-33/h19-22H,4-18H2,1-3H3,(H,29,30). The SMILES string of the molecule is COc1cc2c(NC3CCN(C)CC3)cc(N3CCN(C)CC3)nc2cc1OCCCN1CCCC1. The van der Waals surface area contributed by atoms with Crippen LogP contribution in [0.2, 0.25) is 0 Å². The van der Waals surface area contributed by atoms with Gasteiger partial charge in [-0.1, -0.05) is 0 Å². The molecule has 4 heterocycles. The first-order valence-electron chi connectivity index (χ1n) is 13.9. The minimum absolute atomic E-state index is 0.472. The predicted molar refractivity (Wildman–Crippen MR) is 148 cm³/mol. The van der Waals surface area contributed by atoms with E-state index in [0.29, 0.717) is 12.6 Å². The molecule has 0 unspecified atom stereocenters. The summed E-state index contributed by atoms with van der Waals surface area (Å²) in [6, 6.07) is 6.92. The van der Waals surface area contributed by atoms with Crippen LogP contribution in [-0.4, -0.2) is 112 Å². The molecule has 0 aliphatic carbocycles. The lowest BCUT2D eigenvalue weighted by atomic mass is 10.0. The topological polar surface area (TPSA) is 56.3 Å². The van der Waals surface area contributed by atoms with E-state index in [4.69, 9.17) is 14.5 Å². The minimum Gasteiger partial charge on any atom is -0.493 e. The molecule has 36 heavy (non-hydrogen) atoms. The van der Waals surface area contributed by atoms with Crippen LogP contribution in [0.5, 0.6) is 11.5 Å². The van der Waals surface area contributed by atoms with E-state index >= 15 is 0 Å². The van der Waals surface area contributed by atoms with E-state index in [1.54, 1.807) is 7.11 Å². The van der Waals surface area contributed by atoms with E-state index < -0.39 is 0 Å². The van der Waals surface area contributed by atoms with Crippen molar-refractivity contribution in [2.24, 2.45) is 0 Å². The highest BCUT2D eigenvalue weighted by Gasteiger charge is 2.22. The van der Waals surface area contributed by atoms with Gasteiger partial charge in [-0.25, -0.2) is 4.98 Å². The summed E-state index contributed by atoms with van der Waals surface area (Å²) in [4.78, 5) is 14.9. The smallest absolute Gasteiger partial charge is 0.163 e. The van der Waals surface area contributed by atoms with Crippen LogP contribution < -0.4 is 19.7 Å². The van der Waals surface area contributed by atoms with Crippen molar-refractivity contribution >= 4 is 22.4 Å². The Morgan fingerprint density at radius 1 is 0.889 bits per heavy atom. The molecule has 0 saturated carbocycles. The molecule has 198 valence electrons. The molecule has 5 rings (SSSR count). The Morgan fingerprint density at radius 2 is 1.61 bits per heavy atom. The van der Waals surface area contributed by atoms with Gasteiger partial charge in [-0.15, -0.1) is 0 Å². The Kier molecular flexibility index (Phi) is 8.34. The lowest BCUT2D eigenvalue weighted by Crippen LogP contribution is -2.44. The highest BCUT2D eigenvalue weighted by Crippen LogP contribution is 2.37. The van der Waals surface area contributed by atoms with Gasteiger partial charge in [-0.3, -0.25) is 0 Å². The average molecular weight is 497 g/mol. The Bertz CT molecular complexity index is 995. The van der Waals surface area contributed by atoms with E-state index in [1.165, 1.54) is 25.9 Å². The molecule has 0 bridgehead atoms. The van der Waals surface area contributed by atoms with Crippen LogP contribution in [0.15, 0.2) is 18.2 Å². The number of methoxy groups -OCH3 is 1. The summed E-state index contributed by atoms with van der Waals surface area (Å²) >= 11 is 0. The normalized spacial score (nSPS) is 20.8. The van der Waals surface area contributed by atoms with Gasteiger partial charge in [0, 0.05) is 62.0 Å². The first-order chi connectivity index (χ1) is 17.6. The fraction of sp³-hybridized carbons (Fsp3) is 0.679. The number of aromatic nitrogens is 1. The number of piperazine rings is 1. The third-order valence-corrected chi connectivity index (χ3v) is 8.06. The lowest BCUT2D eigenvalue weighted by molar-refractivity contribution is 0.254. The number of hydrogen-bond donors (Lipinski definition) is 1. The summed E-state index contributed by atoms with van der Waals surface area (Å²) in [5, 5.41) is 4.99. The second-order valence-corrected chi connectivity index (χ2v) is 10.8. The number of ether oxygens (including phenoxy) is 2. The maximum atomic E-state index is 6.26. The zero-order chi connectivity index (χ0) is 24.9. The monoisotopic (exact) mass is 496 g/mol. The second kappa shape index (κ2) is 11.8. The number of benzene rings is 1. The van der Waals surface area contributed by atoms with Gasteiger partial charge in [0.25, 0.3) is 0 Å². The van der Waals surface area contributed by atoms with Crippen LogP contribution in [-0.2, 0) is 0 Å². The molecule has 3 aliphatic rings. The molecule has 3 aliphatic heterocycles. The molecule has 1 N–H and O–H groups in total. The van der Waals surface area contributed by atoms with E-state index in [9.17, 15) is 0 Å². The number of piperidine rings is 1. The second-order valence-electron chi connectivity index (χ2n) is 10.8. The quantitative estimate of drug-likeness (QED) is 0.531. The number of anilines is 2. The van der Waals surface area contributed by atoms with Gasteiger partial charge < -0.3 is 34.4 Å². The Balaban J connectivity index is 1.39. The zero-order valence-corrected chi connectivity index (χ0v) is 22.5. The maximum absolute atomic E-state index is 6.26. The number of likely N-dealkylation sites (tertiary alicyclic amines) is 2. The zero-order valence-electron chi connectivity index (χ0n) is 22.5. The number of pyridine rings is 1. The molecule has 1 aromatic heterocycles.